The topological polar surface area (TPSA) is 82.8 Å². The molecular weight excluding hydrogens is 408 g/mol. The standard InChI is InChI=1S/C25H22N2O5/c1-30-19-11-7-12-20(31-2)23(19)27-22(26-18-10-5-4-9-17(18)25(27)29)15-14-16-8-6-13-21(32-3)24(16)28/h4-15,28H,1-3H3. The zero-order valence-electron chi connectivity index (χ0n) is 17.9. The third-order valence-corrected chi connectivity index (χ3v) is 5.09. The average molecular weight is 430 g/mol. The molecule has 0 spiro atoms. The first kappa shape index (κ1) is 21.0. The van der Waals surface area contributed by atoms with Gasteiger partial charge in [-0.05, 0) is 42.5 Å². The van der Waals surface area contributed by atoms with Crippen LogP contribution in [0.25, 0.3) is 28.7 Å². The molecule has 0 aliphatic carbocycles. The molecule has 1 aromatic heterocycles. The first-order valence-electron chi connectivity index (χ1n) is 9.86. The van der Waals surface area contributed by atoms with Crippen molar-refractivity contribution < 1.29 is 19.3 Å². The fraction of sp³-hybridized carbons (Fsp3) is 0.120. The van der Waals surface area contributed by atoms with E-state index in [9.17, 15) is 9.90 Å². The Morgan fingerprint density at radius 1 is 0.812 bits per heavy atom. The van der Waals surface area contributed by atoms with E-state index in [1.165, 1.54) is 25.9 Å². The van der Waals surface area contributed by atoms with Crippen LogP contribution in [0.1, 0.15) is 11.4 Å². The number of aromatic nitrogens is 2. The van der Waals surface area contributed by atoms with Gasteiger partial charge in [0.25, 0.3) is 5.56 Å². The van der Waals surface area contributed by atoms with Crippen molar-refractivity contribution in [2.75, 3.05) is 21.3 Å². The van der Waals surface area contributed by atoms with Crippen LogP contribution < -0.4 is 19.8 Å². The van der Waals surface area contributed by atoms with Gasteiger partial charge in [-0.25, -0.2) is 4.98 Å². The molecule has 0 unspecified atom stereocenters. The molecule has 3 aromatic carbocycles. The van der Waals surface area contributed by atoms with E-state index in [0.29, 0.717) is 45.2 Å². The van der Waals surface area contributed by atoms with Crippen LogP contribution in [0.5, 0.6) is 23.0 Å². The van der Waals surface area contributed by atoms with Crippen LogP contribution in [0.3, 0.4) is 0 Å². The zero-order valence-corrected chi connectivity index (χ0v) is 17.9. The molecule has 0 saturated heterocycles. The van der Waals surface area contributed by atoms with Gasteiger partial charge in [-0.2, -0.15) is 0 Å². The fourth-order valence-corrected chi connectivity index (χ4v) is 3.53. The van der Waals surface area contributed by atoms with Crippen molar-refractivity contribution >= 4 is 23.1 Å². The van der Waals surface area contributed by atoms with Crippen LogP contribution in [-0.2, 0) is 0 Å². The van der Waals surface area contributed by atoms with E-state index in [4.69, 9.17) is 19.2 Å². The molecule has 0 atom stereocenters. The lowest BCUT2D eigenvalue weighted by atomic mass is 10.1. The molecule has 0 aliphatic rings. The second-order valence-corrected chi connectivity index (χ2v) is 6.87. The number of methoxy groups -OCH3 is 3. The summed E-state index contributed by atoms with van der Waals surface area (Å²) in [6.07, 6.45) is 3.33. The number of para-hydroxylation sites is 3. The van der Waals surface area contributed by atoms with Crippen molar-refractivity contribution in [3.8, 4) is 28.7 Å². The molecule has 0 fully saturated rings. The maximum absolute atomic E-state index is 13.6. The summed E-state index contributed by atoms with van der Waals surface area (Å²) in [7, 11) is 4.54. The number of fused-ring (bicyclic) bond motifs is 1. The molecule has 0 aliphatic heterocycles. The summed E-state index contributed by atoms with van der Waals surface area (Å²) < 4.78 is 17.7. The van der Waals surface area contributed by atoms with Gasteiger partial charge in [0, 0.05) is 5.56 Å². The lowest BCUT2D eigenvalue weighted by molar-refractivity contribution is 0.373. The van der Waals surface area contributed by atoms with Gasteiger partial charge in [-0.1, -0.05) is 30.3 Å². The van der Waals surface area contributed by atoms with Gasteiger partial charge in [0.15, 0.2) is 11.5 Å². The van der Waals surface area contributed by atoms with E-state index in [-0.39, 0.29) is 11.3 Å². The fourth-order valence-electron chi connectivity index (χ4n) is 3.53. The predicted octanol–water partition coefficient (Wildman–Crippen LogP) is 4.29. The van der Waals surface area contributed by atoms with Crippen molar-refractivity contribution in [3.63, 3.8) is 0 Å². The summed E-state index contributed by atoms with van der Waals surface area (Å²) in [5, 5.41) is 10.9. The minimum atomic E-state index is -0.270. The number of aromatic hydroxyl groups is 1. The Kier molecular flexibility index (Phi) is 5.81. The van der Waals surface area contributed by atoms with Gasteiger partial charge in [-0.15, -0.1) is 0 Å². The molecular formula is C25H22N2O5. The molecule has 32 heavy (non-hydrogen) atoms. The van der Waals surface area contributed by atoms with Crippen LogP contribution in [0.15, 0.2) is 65.5 Å². The first-order valence-corrected chi connectivity index (χ1v) is 9.86. The minimum absolute atomic E-state index is 0.00388. The summed E-state index contributed by atoms with van der Waals surface area (Å²) in [5.74, 6) is 1.61. The van der Waals surface area contributed by atoms with E-state index >= 15 is 0 Å². The van der Waals surface area contributed by atoms with Gasteiger partial charge >= 0.3 is 0 Å². The summed E-state index contributed by atoms with van der Waals surface area (Å²) >= 11 is 0. The van der Waals surface area contributed by atoms with Crippen molar-refractivity contribution in [3.05, 3.63) is 82.4 Å². The van der Waals surface area contributed by atoms with E-state index in [0.717, 1.165) is 0 Å². The second kappa shape index (κ2) is 8.85. The highest BCUT2D eigenvalue weighted by Gasteiger charge is 2.19. The maximum atomic E-state index is 13.6. The Hall–Kier alpha value is -4.26. The molecule has 0 amide bonds. The quantitative estimate of drug-likeness (QED) is 0.491. The van der Waals surface area contributed by atoms with Crippen LogP contribution >= 0.6 is 0 Å². The Morgan fingerprint density at radius 3 is 2.12 bits per heavy atom. The first-order chi connectivity index (χ1) is 15.6. The lowest BCUT2D eigenvalue weighted by Crippen LogP contribution is -2.23. The number of rotatable bonds is 6. The van der Waals surface area contributed by atoms with Gasteiger partial charge in [0.2, 0.25) is 0 Å². The third kappa shape index (κ3) is 3.65. The van der Waals surface area contributed by atoms with E-state index in [1.54, 1.807) is 66.7 Å². The molecule has 4 rings (SSSR count). The zero-order chi connectivity index (χ0) is 22.7. The normalized spacial score (nSPS) is 11.1. The van der Waals surface area contributed by atoms with Crippen molar-refractivity contribution in [2.24, 2.45) is 0 Å². The van der Waals surface area contributed by atoms with Crippen LogP contribution in [0.4, 0.5) is 0 Å². The molecule has 4 aromatic rings. The van der Waals surface area contributed by atoms with E-state index in [2.05, 4.69) is 0 Å². The highest BCUT2D eigenvalue weighted by Crippen LogP contribution is 2.34. The molecule has 0 saturated carbocycles. The number of ether oxygens (including phenoxy) is 3. The van der Waals surface area contributed by atoms with Crippen LogP contribution in [0, 0.1) is 0 Å². The molecule has 1 heterocycles. The Labute approximate surface area is 184 Å². The molecule has 1 N–H and O–H groups in total. The SMILES string of the molecule is COc1cccc(C=Cc2nc3ccccc3c(=O)n2-c2c(OC)cccc2OC)c1O. The molecule has 0 bridgehead atoms. The largest absolute Gasteiger partial charge is 0.504 e. The summed E-state index contributed by atoms with van der Waals surface area (Å²) in [6, 6.07) is 17.6. The third-order valence-electron chi connectivity index (χ3n) is 5.09. The van der Waals surface area contributed by atoms with Gasteiger partial charge in [-0.3, -0.25) is 9.36 Å². The smallest absolute Gasteiger partial charge is 0.266 e. The summed E-state index contributed by atoms with van der Waals surface area (Å²) in [4.78, 5) is 18.3. The number of phenols is 1. The van der Waals surface area contributed by atoms with Gasteiger partial charge < -0.3 is 19.3 Å². The second-order valence-electron chi connectivity index (χ2n) is 6.87. The molecule has 162 valence electrons. The van der Waals surface area contributed by atoms with Crippen molar-refractivity contribution in [1.82, 2.24) is 9.55 Å². The molecule has 7 nitrogen and oxygen atoms in total. The Balaban J connectivity index is 2.01. The lowest BCUT2D eigenvalue weighted by Gasteiger charge is -2.17. The predicted molar refractivity (Wildman–Crippen MR) is 124 cm³/mol. The average Bonchev–Trinajstić information content (AvgIpc) is 2.83. The molecule has 7 heteroatoms. The summed E-state index contributed by atoms with van der Waals surface area (Å²) in [5.41, 5.74) is 1.24. The van der Waals surface area contributed by atoms with E-state index < -0.39 is 0 Å². The highest BCUT2D eigenvalue weighted by molar-refractivity contribution is 5.81. The number of benzene rings is 3. The van der Waals surface area contributed by atoms with Crippen molar-refractivity contribution in [1.29, 1.82) is 0 Å². The summed E-state index contributed by atoms with van der Waals surface area (Å²) in [6.45, 7) is 0. The Bertz CT molecular complexity index is 1350. The number of hydrogen-bond acceptors (Lipinski definition) is 6. The maximum Gasteiger partial charge on any atom is 0.266 e. The molecule has 0 radical (unpaired) electrons. The number of hydrogen-bond donors (Lipinski definition) is 1. The highest BCUT2D eigenvalue weighted by atomic mass is 16.5. The van der Waals surface area contributed by atoms with Crippen LogP contribution in [-0.4, -0.2) is 36.0 Å². The van der Waals surface area contributed by atoms with Crippen LogP contribution in [0.2, 0.25) is 0 Å². The monoisotopic (exact) mass is 430 g/mol. The minimum Gasteiger partial charge on any atom is -0.504 e. The Morgan fingerprint density at radius 2 is 1.44 bits per heavy atom. The van der Waals surface area contributed by atoms with Crippen molar-refractivity contribution in [2.45, 2.75) is 0 Å². The van der Waals surface area contributed by atoms with Gasteiger partial charge in [0.05, 0.1) is 32.2 Å². The number of nitrogens with zero attached hydrogens (tertiary/aromatic N) is 2. The van der Waals surface area contributed by atoms with Gasteiger partial charge in [0.1, 0.15) is 23.0 Å². The number of phenolic OH excluding ortho intramolecular Hbond substituents is 1. The van der Waals surface area contributed by atoms with E-state index in [1.807, 2.05) is 6.07 Å².